The maximum atomic E-state index is 12.6. The summed E-state index contributed by atoms with van der Waals surface area (Å²) >= 11 is 0. The van der Waals surface area contributed by atoms with E-state index < -0.39 is 5.54 Å². The highest BCUT2D eigenvalue weighted by molar-refractivity contribution is 5.80. The van der Waals surface area contributed by atoms with Gasteiger partial charge in [-0.2, -0.15) is 0 Å². The molecule has 1 aromatic rings. The van der Waals surface area contributed by atoms with Crippen LogP contribution in [0.5, 0.6) is 0 Å². The van der Waals surface area contributed by atoms with Crippen molar-refractivity contribution in [2.24, 2.45) is 0 Å². The molecule has 0 saturated carbocycles. The van der Waals surface area contributed by atoms with E-state index >= 15 is 0 Å². The Morgan fingerprint density at radius 1 is 1.30 bits per heavy atom. The number of nitrogens with one attached hydrogen (secondary N) is 1. The van der Waals surface area contributed by atoms with Gasteiger partial charge in [-0.25, -0.2) is 0 Å². The highest BCUT2D eigenvalue weighted by Crippen LogP contribution is 2.42. The third kappa shape index (κ3) is 3.83. The Kier molecular flexibility index (Phi) is 5.79. The largest absolute Gasteiger partial charge is 0.364 e. The van der Waals surface area contributed by atoms with Crippen LogP contribution in [0.3, 0.4) is 0 Å². The number of hydrogen-bond donors (Lipinski definition) is 1. The Morgan fingerprint density at radius 2 is 2.04 bits per heavy atom. The molecule has 0 unspecified atom stereocenters. The molecule has 0 aliphatic carbocycles. The maximum Gasteiger partial charge on any atom is 0.249 e. The number of rotatable bonds is 5. The number of ether oxygens (including phenoxy) is 1. The van der Waals surface area contributed by atoms with Crippen molar-refractivity contribution in [3.63, 3.8) is 0 Å². The predicted molar refractivity (Wildman–Crippen MR) is 99.7 cm³/mol. The minimum Gasteiger partial charge on any atom is -0.364 e. The van der Waals surface area contributed by atoms with E-state index in [1.165, 1.54) is 6.92 Å². The molecule has 146 valence electrons. The molecule has 0 spiro atoms. The minimum atomic E-state index is -0.538. The van der Waals surface area contributed by atoms with Gasteiger partial charge in [-0.1, -0.05) is 30.3 Å². The van der Waals surface area contributed by atoms with Crippen molar-refractivity contribution in [2.45, 2.75) is 37.8 Å². The molecule has 3 amide bonds. The van der Waals surface area contributed by atoms with E-state index in [2.05, 4.69) is 5.32 Å². The average Bonchev–Trinajstić information content (AvgIpc) is 2.68. The van der Waals surface area contributed by atoms with E-state index in [1.807, 2.05) is 42.3 Å². The summed E-state index contributed by atoms with van der Waals surface area (Å²) in [4.78, 5) is 39.5. The first-order chi connectivity index (χ1) is 12.9. The highest BCUT2D eigenvalue weighted by Gasteiger charge is 2.53. The fourth-order valence-electron chi connectivity index (χ4n) is 4.11. The van der Waals surface area contributed by atoms with Crippen LogP contribution in [0.1, 0.15) is 31.7 Å². The number of carbonyl (C=O) groups is 3. The molecule has 2 atom stereocenters. The van der Waals surface area contributed by atoms with Crippen LogP contribution in [-0.4, -0.2) is 66.9 Å². The summed E-state index contributed by atoms with van der Waals surface area (Å²) in [6.07, 6.45) is 1.39. The van der Waals surface area contributed by atoms with E-state index in [4.69, 9.17) is 4.74 Å². The lowest BCUT2D eigenvalue weighted by atomic mass is 9.76. The van der Waals surface area contributed by atoms with E-state index in [1.54, 1.807) is 4.90 Å². The van der Waals surface area contributed by atoms with Crippen LogP contribution in [-0.2, 0) is 24.7 Å². The lowest BCUT2D eigenvalue weighted by Crippen LogP contribution is -2.67. The number of likely N-dealkylation sites (N-methyl/N-ethyl adjacent to an activating group) is 1. The quantitative estimate of drug-likeness (QED) is 0.778. The summed E-state index contributed by atoms with van der Waals surface area (Å²) in [6, 6.07) is 9.93. The summed E-state index contributed by atoms with van der Waals surface area (Å²) in [6.45, 7) is 3.05. The lowest BCUT2D eigenvalue weighted by Gasteiger charge is -2.54. The molecule has 2 heterocycles. The van der Waals surface area contributed by atoms with E-state index in [9.17, 15) is 14.4 Å². The van der Waals surface area contributed by atoms with Crippen molar-refractivity contribution in [3.8, 4) is 0 Å². The van der Waals surface area contributed by atoms with Crippen molar-refractivity contribution >= 4 is 17.7 Å². The molecule has 27 heavy (non-hydrogen) atoms. The molecule has 0 radical (unpaired) electrons. The number of fused-ring (bicyclic) bond motifs is 1. The van der Waals surface area contributed by atoms with Crippen LogP contribution in [0.4, 0.5) is 0 Å². The first-order valence-electron chi connectivity index (χ1n) is 9.41. The van der Waals surface area contributed by atoms with Gasteiger partial charge in [0.1, 0.15) is 12.7 Å². The van der Waals surface area contributed by atoms with Crippen molar-refractivity contribution < 1.29 is 19.1 Å². The van der Waals surface area contributed by atoms with Gasteiger partial charge >= 0.3 is 0 Å². The SMILES string of the molecule is CC(=O)NCCCC(=O)N1CC[C@]2(c3ccccc3)[C@@H](C1)OCC(=O)N2C. The van der Waals surface area contributed by atoms with Crippen LogP contribution in [0, 0.1) is 0 Å². The Balaban J connectivity index is 1.71. The molecular weight excluding hydrogens is 346 g/mol. The first-order valence-corrected chi connectivity index (χ1v) is 9.41. The summed E-state index contributed by atoms with van der Waals surface area (Å²) in [5.41, 5.74) is 0.507. The maximum absolute atomic E-state index is 12.6. The Labute approximate surface area is 159 Å². The smallest absolute Gasteiger partial charge is 0.249 e. The van der Waals surface area contributed by atoms with Crippen molar-refractivity contribution in [2.75, 3.05) is 33.3 Å². The van der Waals surface area contributed by atoms with Gasteiger partial charge in [0, 0.05) is 40.0 Å². The normalized spacial score (nSPS) is 25.1. The third-order valence-corrected chi connectivity index (χ3v) is 5.63. The van der Waals surface area contributed by atoms with Crippen LogP contribution in [0.2, 0.25) is 0 Å². The average molecular weight is 373 g/mol. The summed E-state index contributed by atoms with van der Waals surface area (Å²) in [7, 11) is 1.83. The predicted octanol–water partition coefficient (Wildman–Crippen LogP) is 0.888. The summed E-state index contributed by atoms with van der Waals surface area (Å²) in [5, 5.41) is 2.71. The van der Waals surface area contributed by atoms with Gasteiger partial charge in [-0.3, -0.25) is 14.4 Å². The zero-order valence-corrected chi connectivity index (χ0v) is 15.9. The van der Waals surface area contributed by atoms with Crippen LogP contribution in [0.25, 0.3) is 0 Å². The number of carbonyl (C=O) groups excluding carboxylic acids is 3. The van der Waals surface area contributed by atoms with E-state index in [-0.39, 0.29) is 30.4 Å². The molecule has 7 heteroatoms. The summed E-state index contributed by atoms with van der Waals surface area (Å²) in [5.74, 6) is -0.0632. The van der Waals surface area contributed by atoms with Crippen LogP contribution < -0.4 is 5.32 Å². The number of likely N-dealkylation sites (tertiary alicyclic amines) is 1. The number of nitrogens with zero attached hydrogens (tertiary/aromatic N) is 2. The van der Waals surface area contributed by atoms with Gasteiger partial charge in [0.25, 0.3) is 0 Å². The molecule has 3 rings (SSSR count). The number of amides is 3. The van der Waals surface area contributed by atoms with Crippen LogP contribution >= 0.6 is 0 Å². The van der Waals surface area contributed by atoms with Crippen molar-refractivity contribution in [1.29, 1.82) is 0 Å². The van der Waals surface area contributed by atoms with Gasteiger partial charge in [-0.05, 0) is 18.4 Å². The lowest BCUT2D eigenvalue weighted by molar-refractivity contribution is -0.184. The van der Waals surface area contributed by atoms with Crippen molar-refractivity contribution in [3.05, 3.63) is 35.9 Å². The van der Waals surface area contributed by atoms with Gasteiger partial charge in [0.05, 0.1) is 5.54 Å². The second-order valence-corrected chi connectivity index (χ2v) is 7.22. The molecule has 1 aromatic carbocycles. The fraction of sp³-hybridized carbons (Fsp3) is 0.550. The van der Waals surface area contributed by atoms with Gasteiger partial charge in [-0.15, -0.1) is 0 Å². The molecule has 7 nitrogen and oxygen atoms in total. The standard InChI is InChI=1S/C20H27N3O4/c1-15(24)21-11-6-9-18(25)23-12-10-20(16-7-4-3-5-8-16)17(13-23)27-14-19(26)22(20)2/h3-5,7-8,17H,6,9-14H2,1-2H3,(H,21,24)/t17-,20+/m1/s1. The molecule has 2 aliphatic rings. The van der Waals surface area contributed by atoms with Gasteiger partial charge < -0.3 is 19.9 Å². The zero-order valence-electron chi connectivity index (χ0n) is 15.9. The van der Waals surface area contributed by atoms with Gasteiger partial charge in [0.2, 0.25) is 17.7 Å². The molecule has 0 bridgehead atoms. The number of benzene rings is 1. The second-order valence-electron chi connectivity index (χ2n) is 7.22. The minimum absolute atomic E-state index is 0.0369. The topological polar surface area (TPSA) is 79.0 Å². The molecule has 1 N–H and O–H groups in total. The zero-order chi connectivity index (χ0) is 19.4. The van der Waals surface area contributed by atoms with Gasteiger partial charge in [0.15, 0.2) is 0 Å². The molecule has 2 saturated heterocycles. The highest BCUT2D eigenvalue weighted by atomic mass is 16.5. The molecular formula is C20H27N3O4. The fourth-order valence-corrected chi connectivity index (χ4v) is 4.11. The van der Waals surface area contributed by atoms with E-state index in [0.717, 1.165) is 5.56 Å². The van der Waals surface area contributed by atoms with E-state index in [0.29, 0.717) is 38.9 Å². The third-order valence-electron chi connectivity index (χ3n) is 5.63. The van der Waals surface area contributed by atoms with Crippen molar-refractivity contribution in [1.82, 2.24) is 15.1 Å². The van der Waals surface area contributed by atoms with Crippen LogP contribution in [0.15, 0.2) is 30.3 Å². The monoisotopic (exact) mass is 373 g/mol. The number of morpholine rings is 1. The summed E-state index contributed by atoms with van der Waals surface area (Å²) < 4.78 is 5.92. The Bertz CT molecular complexity index is 708. The molecule has 2 aliphatic heterocycles. The number of piperidine rings is 1. The first kappa shape index (κ1) is 19.4. The Morgan fingerprint density at radius 3 is 2.74 bits per heavy atom. The number of hydrogen-bond acceptors (Lipinski definition) is 4. The molecule has 2 fully saturated rings. The molecule has 0 aromatic heterocycles. The Hall–Kier alpha value is -2.41. The second kappa shape index (κ2) is 8.08.